The Labute approximate surface area is 215 Å². The van der Waals surface area contributed by atoms with Crippen LogP contribution in [0.25, 0.3) is 0 Å². The quantitative estimate of drug-likeness (QED) is 0.318. The Hall–Kier alpha value is -2.76. The van der Waals surface area contributed by atoms with E-state index in [0.29, 0.717) is 4.88 Å². The van der Waals surface area contributed by atoms with E-state index >= 15 is 0 Å². The van der Waals surface area contributed by atoms with Crippen molar-refractivity contribution in [3.05, 3.63) is 80.5 Å². The number of benzene rings is 2. The van der Waals surface area contributed by atoms with E-state index in [-0.39, 0.29) is 39.2 Å². The zero-order chi connectivity index (χ0) is 25.3. The normalized spacial score (nSPS) is 16.2. The van der Waals surface area contributed by atoms with Crippen LogP contribution in [-0.4, -0.2) is 43.7 Å². The molecule has 182 valence electrons. The number of nitrogens with zero attached hydrogens (tertiary/aromatic N) is 2. The van der Waals surface area contributed by atoms with Crippen molar-refractivity contribution < 1.29 is 27.5 Å². The summed E-state index contributed by atoms with van der Waals surface area (Å²) in [5.74, 6) is -1.85. The van der Waals surface area contributed by atoms with E-state index in [2.05, 4.69) is 4.74 Å². The lowest BCUT2D eigenvalue weighted by Gasteiger charge is -2.27. The number of halogens is 2. The van der Waals surface area contributed by atoms with Crippen LogP contribution in [0.2, 0.25) is 10.0 Å². The first kappa shape index (κ1) is 25.3. The molecule has 35 heavy (non-hydrogen) atoms. The molecule has 2 heterocycles. The summed E-state index contributed by atoms with van der Waals surface area (Å²) in [6, 6.07) is 11.9. The summed E-state index contributed by atoms with van der Waals surface area (Å²) in [5.41, 5.74) is 0.453. The van der Waals surface area contributed by atoms with E-state index in [0.717, 1.165) is 9.21 Å². The van der Waals surface area contributed by atoms with Crippen LogP contribution in [0.4, 0.5) is 5.69 Å². The number of thiophene rings is 1. The first-order chi connectivity index (χ1) is 16.6. The predicted molar refractivity (Wildman–Crippen MR) is 132 cm³/mol. The minimum atomic E-state index is -4.33. The highest BCUT2D eigenvalue weighted by molar-refractivity contribution is 7.89. The molecule has 8 nitrogen and oxygen atoms in total. The second-order valence-electron chi connectivity index (χ2n) is 7.53. The molecule has 1 aromatic heterocycles. The van der Waals surface area contributed by atoms with Gasteiger partial charge in [0.05, 0.1) is 29.8 Å². The molecular weight excluding hydrogens is 535 g/mol. The molecule has 1 aliphatic rings. The van der Waals surface area contributed by atoms with Crippen LogP contribution >= 0.6 is 34.5 Å². The Balaban J connectivity index is 1.73. The van der Waals surface area contributed by atoms with Gasteiger partial charge in [-0.2, -0.15) is 4.31 Å². The lowest BCUT2D eigenvalue weighted by Crippen LogP contribution is -2.45. The monoisotopic (exact) mass is 552 g/mol. The van der Waals surface area contributed by atoms with E-state index in [4.69, 9.17) is 23.2 Å². The highest BCUT2D eigenvalue weighted by Gasteiger charge is 2.47. The maximum Gasteiger partial charge on any atom is 0.337 e. The number of rotatable bonds is 7. The van der Waals surface area contributed by atoms with Crippen molar-refractivity contribution >= 4 is 68.0 Å². The van der Waals surface area contributed by atoms with Crippen molar-refractivity contribution in [3.8, 4) is 0 Å². The van der Waals surface area contributed by atoms with Gasteiger partial charge in [0, 0.05) is 16.4 Å². The van der Waals surface area contributed by atoms with Crippen molar-refractivity contribution in [1.29, 1.82) is 0 Å². The van der Waals surface area contributed by atoms with Gasteiger partial charge in [0.15, 0.2) is 0 Å². The van der Waals surface area contributed by atoms with Crippen molar-refractivity contribution in [3.63, 3.8) is 0 Å². The molecule has 1 aliphatic heterocycles. The van der Waals surface area contributed by atoms with Gasteiger partial charge in [-0.1, -0.05) is 29.3 Å². The Morgan fingerprint density at radius 2 is 1.86 bits per heavy atom. The molecule has 2 aromatic carbocycles. The van der Waals surface area contributed by atoms with Gasteiger partial charge in [0.25, 0.3) is 5.91 Å². The predicted octanol–water partition coefficient (Wildman–Crippen LogP) is 4.36. The molecule has 0 aliphatic carbocycles. The average Bonchev–Trinajstić information content (AvgIpc) is 3.45. The van der Waals surface area contributed by atoms with Crippen molar-refractivity contribution in [2.24, 2.45) is 0 Å². The van der Waals surface area contributed by atoms with E-state index < -0.39 is 33.8 Å². The van der Waals surface area contributed by atoms with Crippen molar-refractivity contribution in [1.82, 2.24) is 4.31 Å². The van der Waals surface area contributed by atoms with Gasteiger partial charge in [-0.05, 0) is 53.9 Å². The van der Waals surface area contributed by atoms with Crippen LogP contribution in [0.15, 0.2) is 64.9 Å². The van der Waals surface area contributed by atoms with Crippen LogP contribution < -0.4 is 4.90 Å². The first-order valence-corrected chi connectivity index (χ1v) is 13.3. The molecule has 3 aromatic rings. The fourth-order valence-electron chi connectivity index (χ4n) is 3.70. The third kappa shape index (κ3) is 4.98. The number of imide groups is 1. The largest absolute Gasteiger partial charge is 0.465 e. The third-order valence-electron chi connectivity index (χ3n) is 5.39. The van der Waals surface area contributed by atoms with Crippen molar-refractivity contribution in [2.75, 3.05) is 12.0 Å². The number of sulfonamides is 1. The number of ether oxygens (including phenoxy) is 1. The summed E-state index contributed by atoms with van der Waals surface area (Å²) >= 11 is 13.5. The molecule has 1 saturated heterocycles. The summed E-state index contributed by atoms with van der Waals surface area (Å²) in [5, 5.41) is 1.88. The van der Waals surface area contributed by atoms with E-state index in [1.54, 1.807) is 17.5 Å². The Kier molecular flexibility index (Phi) is 7.30. The number of carbonyl (C=O) groups excluding carboxylic acids is 3. The van der Waals surface area contributed by atoms with Gasteiger partial charge < -0.3 is 4.74 Å². The summed E-state index contributed by atoms with van der Waals surface area (Å²) in [6.07, 6.45) is -0.361. The fourth-order valence-corrected chi connectivity index (χ4v) is 6.78. The van der Waals surface area contributed by atoms with Crippen LogP contribution in [0.3, 0.4) is 0 Å². The Morgan fingerprint density at radius 1 is 1.14 bits per heavy atom. The number of hydrogen-bond acceptors (Lipinski definition) is 7. The highest BCUT2D eigenvalue weighted by atomic mass is 35.5. The number of hydrogen-bond donors (Lipinski definition) is 0. The minimum Gasteiger partial charge on any atom is -0.465 e. The van der Waals surface area contributed by atoms with Crippen LogP contribution in [0.1, 0.15) is 21.7 Å². The zero-order valence-corrected chi connectivity index (χ0v) is 21.3. The molecule has 12 heteroatoms. The van der Waals surface area contributed by atoms with E-state index in [9.17, 15) is 22.8 Å². The minimum absolute atomic E-state index is 0.0578. The van der Waals surface area contributed by atoms with Gasteiger partial charge in [-0.25, -0.2) is 18.1 Å². The fraction of sp³-hybridized carbons (Fsp3) is 0.174. The number of anilines is 1. The molecule has 0 N–H and O–H groups in total. The Morgan fingerprint density at radius 3 is 2.49 bits per heavy atom. The highest BCUT2D eigenvalue weighted by Crippen LogP contribution is 2.34. The molecule has 0 radical (unpaired) electrons. The average molecular weight is 553 g/mol. The number of carbonyl (C=O) groups is 3. The maximum atomic E-state index is 13.7. The maximum absolute atomic E-state index is 13.7. The zero-order valence-electron chi connectivity index (χ0n) is 18.2. The summed E-state index contributed by atoms with van der Waals surface area (Å²) in [6.45, 7) is -0.137. The van der Waals surface area contributed by atoms with Gasteiger partial charge in [0.1, 0.15) is 10.9 Å². The lowest BCUT2D eigenvalue weighted by atomic mass is 10.2. The number of methoxy groups -OCH3 is 1. The summed E-state index contributed by atoms with van der Waals surface area (Å²) < 4.78 is 33.1. The molecule has 1 atom stereocenters. The van der Waals surface area contributed by atoms with Crippen molar-refractivity contribution in [2.45, 2.75) is 23.9 Å². The van der Waals surface area contributed by atoms with Gasteiger partial charge in [-0.15, -0.1) is 11.3 Å². The molecule has 2 amide bonds. The van der Waals surface area contributed by atoms with Gasteiger partial charge >= 0.3 is 5.97 Å². The Bertz CT molecular complexity index is 1390. The number of esters is 1. The van der Waals surface area contributed by atoms with Crippen LogP contribution in [0, 0.1) is 0 Å². The summed E-state index contributed by atoms with van der Waals surface area (Å²) in [7, 11) is -3.10. The molecular formula is C23H18Cl2N2O6S2. The van der Waals surface area contributed by atoms with Crippen LogP contribution in [-0.2, 0) is 30.9 Å². The van der Waals surface area contributed by atoms with Gasteiger partial charge in [0.2, 0.25) is 15.9 Å². The van der Waals surface area contributed by atoms with Gasteiger partial charge in [-0.3, -0.25) is 9.59 Å². The second kappa shape index (κ2) is 10.1. The molecule has 1 fully saturated rings. The number of amides is 2. The SMILES string of the molecule is COC(=O)c1ccc(N2C(=O)CC(N(Cc3cccs3)S(=O)(=O)c3cc(Cl)ccc3Cl)C2=O)cc1. The van der Waals surface area contributed by atoms with Crippen LogP contribution in [0.5, 0.6) is 0 Å². The molecule has 4 rings (SSSR count). The van der Waals surface area contributed by atoms with E-state index in [1.165, 1.54) is 60.9 Å². The smallest absolute Gasteiger partial charge is 0.337 e. The molecule has 0 spiro atoms. The summed E-state index contributed by atoms with van der Waals surface area (Å²) in [4.78, 5) is 39.4. The standard InChI is InChI=1S/C23H18Cl2N2O6S2/c1-33-23(30)14-4-7-16(8-5-14)27-21(28)12-19(22(27)29)26(13-17-3-2-10-34-17)35(31,32)20-11-15(24)6-9-18(20)25/h2-11,19H,12-13H2,1H3. The lowest BCUT2D eigenvalue weighted by molar-refractivity contribution is -0.122. The van der Waals surface area contributed by atoms with E-state index in [1.807, 2.05) is 0 Å². The molecule has 1 unspecified atom stereocenters. The second-order valence-corrected chi connectivity index (χ2v) is 11.3. The molecule has 0 saturated carbocycles. The third-order valence-corrected chi connectivity index (χ3v) is 8.82. The topological polar surface area (TPSA) is 101 Å². The first-order valence-electron chi connectivity index (χ1n) is 10.2. The molecule has 0 bridgehead atoms.